The summed E-state index contributed by atoms with van der Waals surface area (Å²) in [7, 11) is 0. The van der Waals surface area contributed by atoms with Crippen LogP contribution in [0.4, 0.5) is 0 Å². The third-order valence-corrected chi connectivity index (χ3v) is 3.29. The van der Waals surface area contributed by atoms with E-state index in [-0.39, 0.29) is 31.6 Å². The van der Waals surface area contributed by atoms with Crippen molar-refractivity contribution >= 4 is 17.8 Å². The maximum Gasteiger partial charge on any atom is 0.333 e. The molecule has 2 amide bonds. The molecule has 0 aliphatic carbocycles. The zero-order valence-electron chi connectivity index (χ0n) is 15.6. The van der Waals surface area contributed by atoms with Crippen LogP contribution in [-0.4, -0.2) is 88.7 Å². The Labute approximate surface area is 158 Å². The molecule has 0 spiro atoms. The maximum absolute atomic E-state index is 11.3. The molecule has 0 unspecified atom stereocenters. The van der Waals surface area contributed by atoms with E-state index in [0.717, 1.165) is 4.90 Å². The fraction of sp³-hybridized carbons (Fsp3) is 0.611. The number of ether oxygens (including phenoxy) is 5. The number of imide groups is 1. The highest BCUT2D eigenvalue weighted by atomic mass is 16.6. The Hall–Kier alpha value is -2.07. The normalized spacial score (nSPS) is 13.4. The molecule has 0 saturated heterocycles. The second-order valence-electron chi connectivity index (χ2n) is 5.53. The van der Waals surface area contributed by atoms with Gasteiger partial charge in [0.2, 0.25) is 0 Å². The van der Waals surface area contributed by atoms with Crippen LogP contribution in [-0.2, 0) is 38.1 Å². The first-order valence-corrected chi connectivity index (χ1v) is 8.69. The smallest absolute Gasteiger partial charge is 0.333 e. The maximum atomic E-state index is 11.3. The number of amides is 2. The Bertz CT molecular complexity index is 513. The molecule has 0 aromatic rings. The highest BCUT2D eigenvalue weighted by Crippen LogP contribution is 2.02. The van der Waals surface area contributed by atoms with Gasteiger partial charge in [0.15, 0.2) is 0 Å². The summed E-state index contributed by atoms with van der Waals surface area (Å²) in [6.07, 6.45) is 2.49. The van der Waals surface area contributed by atoms with Gasteiger partial charge < -0.3 is 23.7 Å². The summed E-state index contributed by atoms with van der Waals surface area (Å²) in [4.78, 5) is 34.8. The van der Waals surface area contributed by atoms with Crippen LogP contribution in [0.1, 0.15) is 6.92 Å². The number of hydrogen-bond donors (Lipinski definition) is 0. The number of carbonyl (C=O) groups excluding carboxylic acids is 3. The largest absolute Gasteiger partial charge is 0.460 e. The summed E-state index contributed by atoms with van der Waals surface area (Å²) in [6.45, 7) is 8.50. The number of hydrogen-bond acceptors (Lipinski definition) is 8. The van der Waals surface area contributed by atoms with Gasteiger partial charge in [-0.25, -0.2) is 4.79 Å². The molecular weight excluding hydrogens is 358 g/mol. The molecule has 0 radical (unpaired) electrons. The van der Waals surface area contributed by atoms with Crippen LogP contribution in [0.3, 0.4) is 0 Å². The molecular formula is C18H27NO8. The van der Waals surface area contributed by atoms with Gasteiger partial charge in [0.25, 0.3) is 11.8 Å². The van der Waals surface area contributed by atoms with Crippen molar-refractivity contribution in [2.45, 2.75) is 6.92 Å². The van der Waals surface area contributed by atoms with Gasteiger partial charge >= 0.3 is 5.97 Å². The highest BCUT2D eigenvalue weighted by Gasteiger charge is 2.22. The van der Waals surface area contributed by atoms with Crippen LogP contribution in [0.25, 0.3) is 0 Å². The third-order valence-electron chi connectivity index (χ3n) is 3.29. The van der Waals surface area contributed by atoms with Crippen molar-refractivity contribution in [3.63, 3.8) is 0 Å². The summed E-state index contributed by atoms with van der Waals surface area (Å²) in [5.74, 6) is -1.05. The summed E-state index contributed by atoms with van der Waals surface area (Å²) >= 11 is 0. The van der Waals surface area contributed by atoms with Crippen LogP contribution >= 0.6 is 0 Å². The average Bonchev–Trinajstić information content (AvgIpc) is 2.96. The molecule has 0 bridgehead atoms. The lowest BCUT2D eigenvalue weighted by atomic mass is 10.4. The van der Waals surface area contributed by atoms with Crippen molar-refractivity contribution in [3.05, 3.63) is 24.3 Å². The first-order chi connectivity index (χ1) is 13.0. The van der Waals surface area contributed by atoms with Gasteiger partial charge in [-0.15, -0.1) is 0 Å². The zero-order valence-corrected chi connectivity index (χ0v) is 15.6. The van der Waals surface area contributed by atoms with Gasteiger partial charge in [-0.1, -0.05) is 6.58 Å². The van der Waals surface area contributed by atoms with E-state index in [9.17, 15) is 14.4 Å². The lowest BCUT2D eigenvalue weighted by Gasteiger charge is -2.13. The van der Waals surface area contributed by atoms with Crippen LogP contribution in [0.15, 0.2) is 24.3 Å². The number of esters is 1. The fourth-order valence-corrected chi connectivity index (χ4v) is 1.89. The van der Waals surface area contributed by atoms with Crippen LogP contribution in [0, 0.1) is 0 Å². The van der Waals surface area contributed by atoms with Crippen molar-refractivity contribution in [2.75, 3.05) is 66.0 Å². The Morgan fingerprint density at radius 2 is 1.22 bits per heavy atom. The van der Waals surface area contributed by atoms with Gasteiger partial charge in [0, 0.05) is 17.7 Å². The van der Waals surface area contributed by atoms with Crippen LogP contribution in [0.5, 0.6) is 0 Å². The molecule has 1 rings (SSSR count). The quantitative estimate of drug-likeness (QED) is 0.160. The molecule has 152 valence electrons. The van der Waals surface area contributed by atoms with E-state index >= 15 is 0 Å². The first-order valence-electron chi connectivity index (χ1n) is 8.69. The molecule has 9 heteroatoms. The SMILES string of the molecule is C=C(C)C(=O)OCCOCCOCCOCCOCCN1C(=O)C=CC1=O. The molecule has 0 atom stereocenters. The molecule has 0 fully saturated rings. The molecule has 9 nitrogen and oxygen atoms in total. The predicted molar refractivity (Wildman–Crippen MR) is 94.9 cm³/mol. The molecule has 1 heterocycles. The Kier molecular flexibility index (Phi) is 11.9. The van der Waals surface area contributed by atoms with Crippen LogP contribution in [0.2, 0.25) is 0 Å². The minimum atomic E-state index is -0.425. The molecule has 0 aromatic heterocycles. The monoisotopic (exact) mass is 385 g/mol. The summed E-state index contributed by atoms with van der Waals surface area (Å²) in [6, 6.07) is 0. The van der Waals surface area contributed by atoms with E-state index in [1.165, 1.54) is 12.2 Å². The molecule has 0 aromatic carbocycles. The lowest BCUT2D eigenvalue weighted by Crippen LogP contribution is -2.33. The second-order valence-corrected chi connectivity index (χ2v) is 5.53. The Balaban J connectivity index is 1.77. The van der Waals surface area contributed by atoms with Gasteiger partial charge in [-0.05, 0) is 6.92 Å². The van der Waals surface area contributed by atoms with E-state index in [1.54, 1.807) is 6.92 Å². The van der Waals surface area contributed by atoms with E-state index in [2.05, 4.69) is 6.58 Å². The van der Waals surface area contributed by atoms with Gasteiger partial charge in [0.1, 0.15) is 6.61 Å². The van der Waals surface area contributed by atoms with E-state index in [1.807, 2.05) is 0 Å². The Morgan fingerprint density at radius 3 is 1.67 bits per heavy atom. The standard InChI is InChI=1S/C18H27NO8/c1-15(2)18(22)27-14-13-26-12-11-25-10-9-24-8-7-23-6-5-19-16(20)3-4-17(19)21/h3-4H,1,5-14H2,2H3. The third kappa shape index (κ3) is 10.6. The second kappa shape index (κ2) is 14.0. The zero-order chi connectivity index (χ0) is 19.9. The number of rotatable bonds is 16. The molecule has 0 N–H and O–H groups in total. The van der Waals surface area contributed by atoms with Crippen molar-refractivity contribution in [1.82, 2.24) is 4.90 Å². The predicted octanol–water partition coefficient (Wildman–Crippen LogP) is 0.0971. The summed E-state index contributed by atoms with van der Waals surface area (Å²) in [5, 5.41) is 0. The Morgan fingerprint density at radius 1 is 0.815 bits per heavy atom. The lowest BCUT2D eigenvalue weighted by molar-refractivity contribution is -0.141. The van der Waals surface area contributed by atoms with Crippen LogP contribution < -0.4 is 0 Å². The highest BCUT2D eigenvalue weighted by molar-refractivity contribution is 6.12. The minimum absolute atomic E-state index is 0.186. The van der Waals surface area contributed by atoms with Gasteiger partial charge in [-0.3, -0.25) is 14.5 Å². The minimum Gasteiger partial charge on any atom is -0.460 e. The van der Waals surface area contributed by atoms with Crippen molar-refractivity contribution in [3.8, 4) is 0 Å². The summed E-state index contributed by atoms with van der Waals surface area (Å²) in [5.41, 5.74) is 0.359. The fourth-order valence-electron chi connectivity index (χ4n) is 1.89. The van der Waals surface area contributed by atoms with Gasteiger partial charge in [0.05, 0.1) is 59.4 Å². The van der Waals surface area contributed by atoms with E-state index < -0.39 is 5.97 Å². The first kappa shape index (κ1) is 23.0. The van der Waals surface area contributed by atoms with Crippen molar-refractivity contribution in [2.24, 2.45) is 0 Å². The number of carbonyl (C=O) groups is 3. The summed E-state index contributed by atoms with van der Waals surface area (Å²) < 4.78 is 26.1. The average molecular weight is 385 g/mol. The van der Waals surface area contributed by atoms with Gasteiger partial charge in [-0.2, -0.15) is 0 Å². The van der Waals surface area contributed by atoms with Crippen molar-refractivity contribution in [1.29, 1.82) is 0 Å². The van der Waals surface area contributed by atoms with Crippen molar-refractivity contribution < 1.29 is 38.1 Å². The molecule has 1 aliphatic heterocycles. The topological polar surface area (TPSA) is 101 Å². The molecule has 27 heavy (non-hydrogen) atoms. The van der Waals surface area contributed by atoms with E-state index in [0.29, 0.717) is 51.8 Å². The van der Waals surface area contributed by atoms with E-state index in [4.69, 9.17) is 23.7 Å². The molecule has 1 aliphatic rings. The molecule has 0 saturated carbocycles. The number of nitrogens with zero attached hydrogens (tertiary/aromatic N) is 1.